The number of nitrogens with one attached hydrogen (secondary N) is 2. The van der Waals surface area contributed by atoms with Crippen LogP contribution in [0, 0.1) is 23.2 Å². The summed E-state index contributed by atoms with van der Waals surface area (Å²) in [6.45, 7) is 7.71. The van der Waals surface area contributed by atoms with Crippen molar-refractivity contribution in [3.05, 3.63) is 66.9 Å². The molecule has 9 nitrogen and oxygen atoms in total. The normalized spacial score (nSPS) is 23.9. The number of fused-ring (bicyclic) bond motifs is 3. The number of anilines is 1. The molecule has 2 aliphatic carbocycles. The molecular formula is C30H32N8O. The topological polar surface area (TPSA) is 113 Å². The van der Waals surface area contributed by atoms with Gasteiger partial charge in [0.05, 0.1) is 23.5 Å². The van der Waals surface area contributed by atoms with Crippen LogP contribution in [-0.2, 0) is 11.8 Å². The Morgan fingerprint density at radius 1 is 1.10 bits per heavy atom. The zero-order valence-corrected chi connectivity index (χ0v) is 22.5. The summed E-state index contributed by atoms with van der Waals surface area (Å²) < 4.78 is 3.52. The largest absolute Gasteiger partial charge is 0.367 e. The van der Waals surface area contributed by atoms with Crippen molar-refractivity contribution in [3.8, 4) is 28.3 Å². The van der Waals surface area contributed by atoms with E-state index >= 15 is 0 Å². The Morgan fingerprint density at radius 3 is 2.49 bits per heavy atom. The quantitative estimate of drug-likeness (QED) is 0.356. The van der Waals surface area contributed by atoms with Gasteiger partial charge in [-0.3, -0.25) is 9.48 Å². The number of carbonyl (C=O) groups excluding carboxylic acids is 1. The SMILES string of the molecule is C=C(C)C(=O)NC1(C)CC2CCC(C1)C2Nc1ccc(-c2cc(-c3cnn(C)c3)cn3ncc(C#N)c23)cn1. The standard InChI is InChI=1S/C30H32N8O/c1-18(2)29(39)36-30(3)10-19-5-6-20(11-30)27(19)35-26-8-7-21(13-32-26)25-9-22(24-15-33-37(4)16-24)17-38-28(25)23(12-31)14-34-38/h7-9,13-17,19-20,27H,1,5-6,10-11H2,2-4H3,(H,32,35)(H,36,39). The number of hydrogen-bond donors (Lipinski definition) is 2. The Bertz CT molecular complexity index is 1610. The van der Waals surface area contributed by atoms with Crippen LogP contribution in [-0.4, -0.2) is 41.9 Å². The first-order valence-corrected chi connectivity index (χ1v) is 13.3. The van der Waals surface area contributed by atoms with Gasteiger partial charge in [0.25, 0.3) is 0 Å². The van der Waals surface area contributed by atoms with E-state index in [9.17, 15) is 10.1 Å². The Balaban J connectivity index is 1.25. The maximum Gasteiger partial charge on any atom is 0.246 e. The Kier molecular flexibility index (Phi) is 5.98. The molecule has 2 fully saturated rings. The van der Waals surface area contributed by atoms with E-state index in [0.29, 0.717) is 29.0 Å². The minimum Gasteiger partial charge on any atom is -0.367 e. The van der Waals surface area contributed by atoms with Gasteiger partial charge >= 0.3 is 0 Å². The predicted octanol–water partition coefficient (Wildman–Crippen LogP) is 4.72. The van der Waals surface area contributed by atoms with Crippen LogP contribution in [0.25, 0.3) is 27.8 Å². The number of pyridine rings is 2. The number of rotatable bonds is 6. The first-order valence-electron chi connectivity index (χ1n) is 13.3. The molecule has 4 heterocycles. The summed E-state index contributed by atoms with van der Waals surface area (Å²) in [6, 6.07) is 8.73. The molecule has 2 unspecified atom stereocenters. The third-order valence-electron chi connectivity index (χ3n) is 8.31. The summed E-state index contributed by atoms with van der Waals surface area (Å²) >= 11 is 0. The van der Waals surface area contributed by atoms with Crippen LogP contribution in [0.15, 0.2) is 61.3 Å². The number of hydrogen-bond acceptors (Lipinski definition) is 6. The lowest BCUT2D eigenvalue weighted by molar-refractivity contribution is -0.119. The molecule has 2 N–H and O–H groups in total. The second-order valence-corrected chi connectivity index (χ2v) is 11.4. The van der Waals surface area contributed by atoms with Crippen molar-refractivity contribution in [1.82, 2.24) is 29.7 Å². The van der Waals surface area contributed by atoms with Gasteiger partial charge < -0.3 is 10.6 Å². The van der Waals surface area contributed by atoms with E-state index in [2.05, 4.69) is 46.5 Å². The second kappa shape index (κ2) is 9.38. The molecule has 4 aromatic heterocycles. The first-order chi connectivity index (χ1) is 18.7. The lowest BCUT2D eigenvalue weighted by atomic mass is 9.73. The van der Waals surface area contributed by atoms with Crippen molar-refractivity contribution in [3.63, 3.8) is 0 Å². The van der Waals surface area contributed by atoms with Gasteiger partial charge in [-0.15, -0.1) is 0 Å². The zero-order chi connectivity index (χ0) is 27.3. The van der Waals surface area contributed by atoms with Crippen LogP contribution in [0.1, 0.15) is 45.1 Å². The fraction of sp³-hybridized carbons (Fsp3) is 0.367. The van der Waals surface area contributed by atoms with E-state index in [1.807, 2.05) is 44.0 Å². The molecular weight excluding hydrogens is 488 g/mol. The molecule has 2 atom stereocenters. The highest BCUT2D eigenvalue weighted by atomic mass is 16.1. The molecule has 1 amide bonds. The molecule has 0 radical (unpaired) electrons. The van der Waals surface area contributed by atoms with Crippen molar-refractivity contribution in [1.29, 1.82) is 5.26 Å². The maximum atomic E-state index is 12.3. The highest BCUT2D eigenvalue weighted by molar-refractivity contribution is 5.92. The monoisotopic (exact) mass is 520 g/mol. The number of amides is 1. The maximum absolute atomic E-state index is 12.3. The highest BCUT2D eigenvalue weighted by Gasteiger charge is 2.48. The predicted molar refractivity (Wildman–Crippen MR) is 150 cm³/mol. The summed E-state index contributed by atoms with van der Waals surface area (Å²) in [6.07, 6.45) is 13.3. The Hall–Kier alpha value is -4.45. The summed E-state index contributed by atoms with van der Waals surface area (Å²) in [4.78, 5) is 17.1. The van der Waals surface area contributed by atoms with Crippen molar-refractivity contribution in [2.24, 2.45) is 18.9 Å². The molecule has 2 bridgehead atoms. The van der Waals surface area contributed by atoms with Gasteiger partial charge in [-0.1, -0.05) is 6.58 Å². The van der Waals surface area contributed by atoms with Crippen LogP contribution in [0.5, 0.6) is 0 Å². The smallest absolute Gasteiger partial charge is 0.246 e. The summed E-state index contributed by atoms with van der Waals surface area (Å²) in [7, 11) is 1.89. The molecule has 2 aliphatic rings. The average Bonchev–Trinajstić information content (AvgIpc) is 3.60. The van der Waals surface area contributed by atoms with E-state index in [4.69, 9.17) is 4.98 Å². The molecule has 4 aromatic rings. The van der Waals surface area contributed by atoms with E-state index in [1.54, 1.807) is 22.3 Å². The minimum atomic E-state index is -0.203. The van der Waals surface area contributed by atoms with Crippen LogP contribution in [0.4, 0.5) is 5.82 Å². The number of carbonyl (C=O) groups is 1. The molecule has 0 aromatic carbocycles. The Labute approximate surface area is 227 Å². The molecule has 198 valence electrons. The van der Waals surface area contributed by atoms with E-state index in [0.717, 1.165) is 59.3 Å². The lowest BCUT2D eigenvalue weighted by Crippen LogP contribution is -2.54. The van der Waals surface area contributed by atoms with Crippen molar-refractivity contribution < 1.29 is 4.79 Å². The second-order valence-electron chi connectivity index (χ2n) is 11.4. The fourth-order valence-corrected chi connectivity index (χ4v) is 6.55. The minimum absolute atomic E-state index is 0.0555. The third-order valence-corrected chi connectivity index (χ3v) is 8.31. The van der Waals surface area contributed by atoms with Gasteiger partial charge in [0.2, 0.25) is 5.91 Å². The summed E-state index contributed by atoms with van der Waals surface area (Å²) in [5, 5.41) is 25.4. The van der Waals surface area contributed by atoms with Crippen LogP contribution < -0.4 is 10.6 Å². The van der Waals surface area contributed by atoms with Crippen LogP contribution >= 0.6 is 0 Å². The summed E-state index contributed by atoms with van der Waals surface area (Å²) in [5.74, 6) is 1.73. The van der Waals surface area contributed by atoms with Gasteiger partial charge in [0.1, 0.15) is 11.9 Å². The van der Waals surface area contributed by atoms with E-state index < -0.39 is 0 Å². The molecule has 9 heteroatoms. The molecule has 0 spiro atoms. The van der Waals surface area contributed by atoms with Crippen molar-refractivity contribution in [2.75, 3.05) is 5.32 Å². The van der Waals surface area contributed by atoms with Gasteiger partial charge in [-0.2, -0.15) is 15.5 Å². The van der Waals surface area contributed by atoms with Gasteiger partial charge in [0.15, 0.2) is 0 Å². The van der Waals surface area contributed by atoms with Gasteiger partial charge in [-0.05, 0) is 69.6 Å². The highest BCUT2D eigenvalue weighted by Crippen LogP contribution is 2.47. The third kappa shape index (κ3) is 4.56. The number of aromatic nitrogens is 5. The van der Waals surface area contributed by atoms with E-state index in [-0.39, 0.29) is 11.4 Å². The van der Waals surface area contributed by atoms with Gasteiger partial charge in [-0.25, -0.2) is 9.50 Å². The van der Waals surface area contributed by atoms with Crippen molar-refractivity contribution in [2.45, 2.75) is 51.1 Å². The first kappa shape index (κ1) is 24.9. The lowest BCUT2D eigenvalue weighted by Gasteiger charge is -2.43. The molecule has 0 saturated heterocycles. The summed E-state index contributed by atoms with van der Waals surface area (Å²) in [5.41, 5.74) is 5.36. The van der Waals surface area contributed by atoms with Crippen LogP contribution in [0.2, 0.25) is 0 Å². The molecule has 2 saturated carbocycles. The van der Waals surface area contributed by atoms with Crippen molar-refractivity contribution >= 4 is 17.2 Å². The molecule has 0 aliphatic heterocycles. The molecule has 6 rings (SSSR count). The van der Waals surface area contributed by atoms with E-state index in [1.165, 1.54) is 0 Å². The average molecular weight is 521 g/mol. The van der Waals surface area contributed by atoms with Crippen LogP contribution in [0.3, 0.4) is 0 Å². The molecule has 39 heavy (non-hydrogen) atoms. The number of aryl methyl sites for hydroxylation is 1. The number of nitriles is 1. The Morgan fingerprint density at radius 2 is 1.87 bits per heavy atom. The number of nitrogens with zero attached hydrogens (tertiary/aromatic N) is 6. The fourth-order valence-electron chi connectivity index (χ4n) is 6.55. The van der Waals surface area contributed by atoms with Gasteiger partial charge in [0, 0.05) is 65.0 Å². The zero-order valence-electron chi connectivity index (χ0n) is 22.5.